The first-order valence-electron chi connectivity index (χ1n) is 6.67. The molecule has 1 aromatic heterocycles. The van der Waals surface area contributed by atoms with Gasteiger partial charge >= 0.3 is 0 Å². The molecule has 2 aromatic rings. The van der Waals surface area contributed by atoms with Gasteiger partial charge in [-0.25, -0.2) is 0 Å². The highest BCUT2D eigenvalue weighted by Gasteiger charge is 2.16. The van der Waals surface area contributed by atoms with Crippen LogP contribution < -0.4 is 0 Å². The zero-order valence-electron chi connectivity index (χ0n) is 10.5. The molecule has 3 heteroatoms. The standard InChI is InChI=1S/C15H18N2O/c18-15(17-8-2-1-3-9-17)11-12-4-5-14-13(10-12)6-7-16-14/h4-7,10,16H,1-3,8-9,11H2. The van der Waals surface area contributed by atoms with Crippen LogP contribution in [0, 0.1) is 0 Å². The number of amides is 1. The van der Waals surface area contributed by atoms with E-state index in [0.717, 1.165) is 37.0 Å². The Hall–Kier alpha value is -1.77. The Morgan fingerprint density at radius 2 is 2.00 bits per heavy atom. The molecule has 3 rings (SSSR count). The first kappa shape index (κ1) is 11.3. The van der Waals surface area contributed by atoms with Crippen molar-refractivity contribution in [1.29, 1.82) is 0 Å². The number of hydrogen-bond donors (Lipinski definition) is 1. The highest BCUT2D eigenvalue weighted by molar-refractivity contribution is 5.83. The van der Waals surface area contributed by atoms with Gasteiger partial charge in [0, 0.05) is 24.8 Å². The third-order valence-electron chi connectivity index (χ3n) is 3.68. The van der Waals surface area contributed by atoms with Gasteiger partial charge in [0.2, 0.25) is 5.91 Å². The molecule has 3 nitrogen and oxygen atoms in total. The molecule has 18 heavy (non-hydrogen) atoms. The van der Waals surface area contributed by atoms with Gasteiger partial charge in [-0.05, 0) is 48.4 Å². The predicted molar refractivity (Wildman–Crippen MR) is 72.4 cm³/mol. The fourth-order valence-electron chi connectivity index (χ4n) is 2.64. The summed E-state index contributed by atoms with van der Waals surface area (Å²) in [6, 6.07) is 8.24. The molecule has 1 saturated heterocycles. The number of nitrogens with zero attached hydrogens (tertiary/aromatic N) is 1. The molecule has 0 aliphatic carbocycles. The zero-order chi connectivity index (χ0) is 12.4. The second kappa shape index (κ2) is 4.84. The van der Waals surface area contributed by atoms with E-state index < -0.39 is 0 Å². The Balaban J connectivity index is 1.72. The first-order valence-corrected chi connectivity index (χ1v) is 6.67. The maximum atomic E-state index is 12.2. The van der Waals surface area contributed by atoms with Gasteiger partial charge in [-0.15, -0.1) is 0 Å². The van der Waals surface area contributed by atoms with Crippen LogP contribution >= 0.6 is 0 Å². The molecule has 1 aliphatic heterocycles. The summed E-state index contributed by atoms with van der Waals surface area (Å²) < 4.78 is 0. The highest BCUT2D eigenvalue weighted by Crippen LogP contribution is 2.16. The van der Waals surface area contributed by atoms with E-state index in [1.807, 2.05) is 29.3 Å². The van der Waals surface area contributed by atoms with E-state index in [0.29, 0.717) is 6.42 Å². The number of rotatable bonds is 2. The monoisotopic (exact) mass is 242 g/mol. The van der Waals surface area contributed by atoms with Crippen LogP contribution in [0.4, 0.5) is 0 Å². The minimum absolute atomic E-state index is 0.268. The van der Waals surface area contributed by atoms with Crippen molar-refractivity contribution in [3.8, 4) is 0 Å². The summed E-state index contributed by atoms with van der Waals surface area (Å²) in [4.78, 5) is 17.3. The molecule has 0 bridgehead atoms. The van der Waals surface area contributed by atoms with Crippen molar-refractivity contribution < 1.29 is 4.79 Å². The molecule has 1 N–H and O–H groups in total. The van der Waals surface area contributed by atoms with Crippen LogP contribution in [0.1, 0.15) is 24.8 Å². The van der Waals surface area contributed by atoms with Gasteiger partial charge < -0.3 is 9.88 Å². The molecule has 0 spiro atoms. The highest BCUT2D eigenvalue weighted by atomic mass is 16.2. The number of likely N-dealkylation sites (tertiary alicyclic amines) is 1. The SMILES string of the molecule is O=C(Cc1ccc2[nH]ccc2c1)N1CCCCC1. The zero-order valence-corrected chi connectivity index (χ0v) is 10.5. The fraction of sp³-hybridized carbons (Fsp3) is 0.400. The lowest BCUT2D eigenvalue weighted by molar-refractivity contribution is -0.131. The second-order valence-corrected chi connectivity index (χ2v) is 5.02. The number of fused-ring (bicyclic) bond motifs is 1. The fourth-order valence-corrected chi connectivity index (χ4v) is 2.64. The Bertz CT molecular complexity index is 552. The number of piperidine rings is 1. The molecule has 0 radical (unpaired) electrons. The van der Waals surface area contributed by atoms with Gasteiger partial charge in [0.05, 0.1) is 6.42 Å². The molecule has 2 heterocycles. The minimum Gasteiger partial charge on any atom is -0.361 e. The number of nitrogens with one attached hydrogen (secondary N) is 1. The van der Waals surface area contributed by atoms with Crippen LogP contribution in [0.2, 0.25) is 0 Å². The molecule has 0 saturated carbocycles. The lowest BCUT2D eigenvalue weighted by Crippen LogP contribution is -2.36. The number of aromatic nitrogens is 1. The third kappa shape index (κ3) is 2.26. The van der Waals surface area contributed by atoms with E-state index in [-0.39, 0.29) is 5.91 Å². The van der Waals surface area contributed by atoms with Gasteiger partial charge in [-0.1, -0.05) is 6.07 Å². The van der Waals surface area contributed by atoms with Gasteiger partial charge in [-0.3, -0.25) is 4.79 Å². The molecule has 1 amide bonds. The topological polar surface area (TPSA) is 36.1 Å². The van der Waals surface area contributed by atoms with Crippen LogP contribution in [0.5, 0.6) is 0 Å². The Morgan fingerprint density at radius 3 is 2.83 bits per heavy atom. The van der Waals surface area contributed by atoms with Crippen LogP contribution in [-0.2, 0) is 11.2 Å². The van der Waals surface area contributed by atoms with Crippen LogP contribution in [0.3, 0.4) is 0 Å². The summed E-state index contributed by atoms with van der Waals surface area (Å²) in [5.74, 6) is 0.268. The van der Waals surface area contributed by atoms with E-state index in [1.165, 1.54) is 11.8 Å². The Morgan fingerprint density at radius 1 is 1.17 bits per heavy atom. The van der Waals surface area contributed by atoms with E-state index in [4.69, 9.17) is 0 Å². The van der Waals surface area contributed by atoms with E-state index in [1.54, 1.807) is 0 Å². The predicted octanol–water partition coefficient (Wildman–Crippen LogP) is 2.72. The molecule has 1 aliphatic rings. The maximum Gasteiger partial charge on any atom is 0.226 e. The van der Waals surface area contributed by atoms with Crippen molar-refractivity contribution in [2.75, 3.05) is 13.1 Å². The van der Waals surface area contributed by atoms with Crippen LogP contribution in [0.25, 0.3) is 10.9 Å². The van der Waals surface area contributed by atoms with Crippen molar-refractivity contribution in [1.82, 2.24) is 9.88 Å². The maximum absolute atomic E-state index is 12.2. The first-order chi connectivity index (χ1) is 8.83. The largest absolute Gasteiger partial charge is 0.361 e. The molecule has 1 fully saturated rings. The van der Waals surface area contributed by atoms with Crippen LogP contribution in [-0.4, -0.2) is 28.9 Å². The summed E-state index contributed by atoms with van der Waals surface area (Å²) in [6.45, 7) is 1.87. The minimum atomic E-state index is 0.268. The number of benzene rings is 1. The second-order valence-electron chi connectivity index (χ2n) is 5.02. The number of carbonyl (C=O) groups excluding carboxylic acids is 1. The van der Waals surface area contributed by atoms with E-state index >= 15 is 0 Å². The van der Waals surface area contributed by atoms with Crippen molar-refractivity contribution in [3.05, 3.63) is 36.0 Å². The molecule has 1 aromatic carbocycles. The van der Waals surface area contributed by atoms with Crippen molar-refractivity contribution in [2.24, 2.45) is 0 Å². The van der Waals surface area contributed by atoms with Gasteiger partial charge in [0.25, 0.3) is 0 Å². The Labute approximate surface area is 107 Å². The summed E-state index contributed by atoms with van der Waals surface area (Å²) in [5, 5.41) is 1.18. The average Bonchev–Trinajstić information content (AvgIpc) is 2.87. The number of hydrogen-bond acceptors (Lipinski definition) is 1. The summed E-state index contributed by atoms with van der Waals surface area (Å²) in [5.41, 5.74) is 2.24. The number of aromatic amines is 1. The average molecular weight is 242 g/mol. The van der Waals surface area contributed by atoms with Gasteiger partial charge in [0.15, 0.2) is 0 Å². The molecular weight excluding hydrogens is 224 g/mol. The molecular formula is C15H18N2O. The lowest BCUT2D eigenvalue weighted by atomic mass is 10.1. The lowest BCUT2D eigenvalue weighted by Gasteiger charge is -2.26. The molecule has 0 unspecified atom stereocenters. The normalized spacial score (nSPS) is 16.1. The Kier molecular flexibility index (Phi) is 3.05. The third-order valence-corrected chi connectivity index (χ3v) is 3.68. The van der Waals surface area contributed by atoms with Crippen LogP contribution in [0.15, 0.2) is 30.5 Å². The number of H-pyrrole nitrogens is 1. The summed E-state index contributed by atoms with van der Waals surface area (Å²) >= 11 is 0. The van der Waals surface area contributed by atoms with Gasteiger partial charge in [0.1, 0.15) is 0 Å². The smallest absolute Gasteiger partial charge is 0.226 e. The van der Waals surface area contributed by atoms with Gasteiger partial charge in [-0.2, -0.15) is 0 Å². The quantitative estimate of drug-likeness (QED) is 0.863. The van der Waals surface area contributed by atoms with Crippen molar-refractivity contribution in [2.45, 2.75) is 25.7 Å². The van der Waals surface area contributed by atoms with Crippen molar-refractivity contribution in [3.63, 3.8) is 0 Å². The van der Waals surface area contributed by atoms with E-state index in [9.17, 15) is 4.79 Å². The molecule has 0 atom stereocenters. The van der Waals surface area contributed by atoms with Crippen molar-refractivity contribution >= 4 is 16.8 Å². The molecule has 94 valence electrons. The number of carbonyl (C=O) groups is 1. The van der Waals surface area contributed by atoms with E-state index in [2.05, 4.69) is 11.1 Å². The summed E-state index contributed by atoms with van der Waals surface area (Å²) in [7, 11) is 0. The summed E-state index contributed by atoms with van der Waals surface area (Å²) in [6.07, 6.45) is 6.03.